The highest BCUT2D eigenvalue weighted by Gasteiger charge is 2.13. The van der Waals surface area contributed by atoms with Gasteiger partial charge in [0.2, 0.25) is 0 Å². The number of halogens is 2. The summed E-state index contributed by atoms with van der Waals surface area (Å²) in [4.78, 5) is 14.1. The summed E-state index contributed by atoms with van der Waals surface area (Å²) in [6.07, 6.45) is 1.07. The van der Waals surface area contributed by atoms with Crippen LogP contribution in [-0.4, -0.2) is 47.2 Å². The van der Waals surface area contributed by atoms with Gasteiger partial charge in [-0.3, -0.25) is 4.79 Å². The SMILES string of the molecule is CCC(C)N(C)CCNC(=O)c1cc(Cl)nnc1Cl. The number of carbonyl (C=O) groups is 1. The Morgan fingerprint density at radius 2 is 2.16 bits per heavy atom. The molecule has 0 saturated heterocycles. The van der Waals surface area contributed by atoms with E-state index in [2.05, 4.69) is 34.3 Å². The number of nitrogens with one attached hydrogen (secondary N) is 1. The minimum absolute atomic E-state index is 0.0529. The summed E-state index contributed by atoms with van der Waals surface area (Å²) in [5.41, 5.74) is 0.243. The van der Waals surface area contributed by atoms with Crippen LogP contribution in [-0.2, 0) is 0 Å². The molecule has 1 aromatic rings. The van der Waals surface area contributed by atoms with Gasteiger partial charge in [0.25, 0.3) is 5.91 Å². The Labute approximate surface area is 123 Å². The topological polar surface area (TPSA) is 58.1 Å². The van der Waals surface area contributed by atoms with Crippen molar-refractivity contribution in [3.63, 3.8) is 0 Å². The normalized spacial score (nSPS) is 12.5. The zero-order valence-electron chi connectivity index (χ0n) is 11.3. The molecule has 106 valence electrons. The Morgan fingerprint density at radius 3 is 2.79 bits per heavy atom. The molecule has 1 N–H and O–H groups in total. The number of hydrogen-bond acceptors (Lipinski definition) is 4. The summed E-state index contributed by atoms with van der Waals surface area (Å²) in [5.74, 6) is -0.292. The Bertz CT molecular complexity index is 442. The first-order valence-electron chi connectivity index (χ1n) is 6.12. The molecule has 1 unspecified atom stereocenters. The third-order valence-electron chi connectivity index (χ3n) is 3.06. The van der Waals surface area contributed by atoms with E-state index in [9.17, 15) is 4.79 Å². The van der Waals surface area contributed by atoms with Crippen molar-refractivity contribution in [1.82, 2.24) is 20.4 Å². The highest BCUT2D eigenvalue weighted by Crippen LogP contribution is 2.14. The minimum atomic E-state index is -0.292. The summed E-state index contributed by atoms with van der Waals surface area (Å²) < 4.78 is 0. The summed E-state index contributed by atoms with van der Waals surface area (Å²) >= 11 is 11.5. The van der Waals surface area contributed by atoms with E-state index < -0.39 is 0 Å². The van der Waals surface area contributed by atoms with Gasteiger partial charge in [-0.1, -0.05) is 30.1 Å². The molecule has 1 heterocycles. The molecule has 1 rings (SSSR count). The maximum absolute atomic E-state index is 11.9. The molecule has 0 aliphatic rings. The van der Waals surface area contributed by atoms with Gasteiger partial charge in [0.15, 0.2) is 10.3 Å². The van der Waals surface area contributed by atoms with Crippen LogP contribution in [0.1, 0.15) is 30.6 Å². The minimum Gasteiger partial charge on any atom is -0.351 e. The van der Waals surface area contributed by atoms with Crippen LogP contribution < -0.4 is 5.32 Å². The maximum atomic E-state index is 11.9. The van der Waals surface area contributed by atoms with Gasteiger partial charge in [0.05, 0.1) is 5.56 Å². The first-order valence-corrected chi connectivity index (χ1v) is 6.88. The molecule has 0 aromatic carbocycles. The van der Waals surface area contributed by atoms with Gasteiger partial charge in [-0.2, -0.15) is 0 Å². The lowest BCUT2D eigenvalue weighted by Gasteiger charge is -2.23. The standard InChI is InChI=1S/C12H18Cl2N4O/c1-4-8(2)18(3)6-5-15-12(19)9-7-10(13)16-17-11(9)14/h7-8H,4-6H2,1-3H3,(H,15,19). The first-order chi connectivity index (χ1) is 8.95. The highest BCUT2D eigenvalue weighted by atomic mass is 35.5. The average Bonchev–Trinajstić information content (AvgIpc) is 2.40. The van der Waals surface area contributed by atoms with Crippen molar-refractivity contribution in [3.8, 4) is 0 Å². The number of rotatable bonds is 6. The molecule has 0 aliphatic carbocycles. The molecule has 0 fully saturated rings. The number of amides is 1. The molecule has 0 saturated carbocycles. The molecule has 0 aliphatic heterocycles. The number of likely N-dealkylation sites (N-methyl/N-ethyl adjacent to an activating group) is 1. The first kappa shape index (κ1) is 16.1. The lowest BCUT2D eigenvalue weighted by molar-refractivity contribution is 0.0947. The molecule has 7 heteroatoms. The predicted molar refractivity (Wildman–Crippen MR) is 76.8 cm³/mol. The smallest absolute Gasteiger partial charge is 0.254 e. The number of nitrogens with zero attached hydrogens (tertiary/aromatic N) is 3. The maximum Gasteiger partial charge on any atom is 0.254 e. The van der Waals surface area contributed by atoms with Crippen molar-refractivity contribution < 1.29 is 4.79 Å². The number of carbonyl (C=O) groups excluding carboxylic acids is 1. The third-order valence-corrected chi connectivity index (χ3v) is 3.52. The van der Waals surface area contributed by atoms with Gasteiger partial charge >= 0.3 is 0 Å². The predicted octanol–water partition coefficient (Wildman–Crippen LogP) is 2.24. The summed E-state index contributed by atoms with van der Waals surface area (Å²) in [6.45, 7) is 5.58. The second-order valence-electron chi connectivity index (χ2n) is 4.37. The lowest BCUT2D eigenvalue weighted by atomic mass is 10.2. The van der Waals surface area contributed by atoms with E-state index in [1.54, 1.807) is 0 Å². The van der Waals surface area contributed by atoms with Crippen LogP contribution in [0.5, 0.6) is 0 Å². The van der Waals surface area contributed by atoms with Crippen LogP contribution in [0.25, 0.3) is 0 Å². The number of aromatic nitrogens is 2. The Kier molecular flexibility index (Phi) is 6.48. The molecule has 0 radical (unpaired) electrons. The van der Waals surface area contributed by atoms with Gasteiger partial charge < -0.3 is 10.2 Å². The van der Waals surface area contributed by atoms with Crippen molar-refractivity contribution in [1.29, 1.82) is 0 Å². The number of hydrogen-bond donors (Lipinski definition) is 1. The summed E-state index contributed by atoms with van der Waals surface area (Å²) in [6, 6.07) is 1.89. The lowest BCUT2D eigenvalue weighted by Crippen LogP contribution is -2.37. The summed E-state index contributed by atoms with van der Waals surface area (Å²) in [5, 5.41) is 10.1. The van der Waals surface area contributed by atoms with Crippen molar-refractivity contribution in [2.24, 2.45) is 0 Å². The van der Waals surface area contributed by atoms with Crippen LogP contribution in [0.4, 0.5) is 0 Å². The molecule has 1 amide bonds. The Balaban J connectivity index is 2.50. The van der Waals surface area contributed by atoms with Gasteiger partial charge in [-0.25, -0.2) is 0 Å². The zero-order chi connectivity index (χ0) is 14.4. The fourth-order valence-electron chi connectivity index (χ4n) is 1.49. The Morgan fingerprint density at radius 1 is 1.47 bits per heavy atom. The van der Waals surface area contributed by atoms with Crippen LogP contribution in [0.3, 0.4) is 0 Å². The average molecular weight is 305 g/mol. The van der Waals surface area contributed by atoms with Gasteiger partial charge in [0.1, 0.15) is 0 Å². The Hall–Kier alpha value is -0.910. The monoisotopic (exact) mass is 304 g/mol. The van der Waals surface area contributed by atoms with E-state index in [1.807, 2.05) is 7.05 Å². The third kappa shape index (κ3) is 4.93. The second-order valence-corrected chi connectivity index (χ2v) is 5.11. The van der Waals surface area contributed by atoms with E-state index in [0.717, 1.165) is 13.0 Å². The van der Waals surface area contributed by atoms with Crippen LogP contribution in [0.2, 0.25) is 10.3 Å². The quantitative estimate of drug-likeness (QED) is 0.876. The van der Waals surface area contributed by atoms with E-state index in [4.69, 9.17) is 23.2 Å². The van der Waals surface area contributed by atoms with Gasteiger partial charge in [-0.15, -0.1) is 10.2 Å². The van der Waals surface area contributed by atoms with Crippen LogP contribution in [0.15, 0.2) is 6.07 Å². The van der Waals surface area contributed by atoms with Gasteiger partial charge in [0, 0.05) is 19.1 Å². The van der Waals surface area contributed by atoms with E-state index >= 15 is 0 Å². The van der Waals surface area contributed by atoms with Crippen molar-refractivity contribution >= 4 is 29.1 Å². The fourth-order valence-corrected chi connectivity index (χ4v) is 1.81. The van der Waals surface area contributed by atoms with E-state index in [1.165, 1.54) is 6.07 Å². The molecule has 19 heavy (non-hydrogen) atoms. The fraction of sp³-hybridized carbons (Fsp3) is 0.583. The molecule has 1 aromatic heterocycles. The molecule has 1 atom stereocenters. The molecule has 5 nitrogen and oxygen atoms in total. The largest absolute Gasteiger partial charge is 0.351 e. The van der Waals surface area contributed by atoms with Crippen LogP contribution in [0, 0.1) is 0 Å². The zero-order valence-corrected chi connectivity index (χ0v) is 12.8. The van der Waals surface area contributed by atoms with E-state index in [-0.39, 0.29) is 21.8 Å². The molecule has 0 spiro atoms. The summed E-state index contributed by atoms with van der Waals surface area (Å²) in [7, 11) is 2.03. The second kappa shape index (κ2) is 7.62. The van der Waals surface area contributed by atoms with Crippen molar-refractivity contribution in [2.45, 2.75) is 26.3 Å². The molecular formula is C12H18Cl2N4O. The molecule has 0 bridgehead atoms. The van der Waals surface area contributed by atoms with Gasteiger partial charge in [-0.05, 0) is 26.5 Å². The molecular weight excluding hydrogens is 287 g/mol. The van der Waals surface area contributed by atoms with Crippen molar-refractivity contribution in [2.75, 3.05) is 20.1 Å². The highest BCUT2D eigenvalue weighted by molar-refractivity contribution is 6.34. The van der Waals surface area contributed by atoms with Crippen molar-refractivity contribution in [3.05, 3.63) is 21.9 Å². The van der Waals surface area contributed by atoms with Crippen LogP contribution >= 0.6 is 23.2 Å². The van der Waals surface area contributed by atoms with E-state index in [0.29, 0.717) is 12.6 Å².